The minimum absolute atomic E-state index is 0.184. The summed E-state index contributed by atoms with van der Waals surface area (Å²) in [5.74, 6) is -0.685. The van der Waals surface area contributed by atoms with Gasteiger partial charge in [0.05, 0.1) is 30.2 Å². The summed E-state index contributed by atoms with van der Waals surface area (Å²) in [6, 6.07) is 16.4. The van der Waals surface area contributed by atoms with Crippen LogP contribution < -0.4 is 5.32 Å². The highest BCUT2D eigenvalue weighted by Gasteiger charge is 2.27. The van der Waals surface area contributed by atoms with E-state index in [1.807, 2.05) is 54.1 Å². The van der Waals surface area contributed by atoms with Gasteiger partial charge in [-0.25, -0.2) is 13.9 Å². The SMILES string of the molecule is CCOC(=O)CNC(=O)N(CC)Cc1nn(-c2ccccc2)c2c1CN(Cc1ccccc1F)CC2. The number of urea groups is 1. The van der Waals surface area contributed by atoms with E-state index in [4.69, 9.17) is 9.84 Å². The van der Waals surface area contributed by atoms with Crippen LogP contribution in [0.2, 0.25) is 0 Å². The lowest BCUT2D eigenvalue weighted by Crippen LogP contribution is -2.42. The number of ether oxygens (including phenoxy) is 1. The lowest BCUT2D eigenvalue weighted by Gasteiger charge is -2.28. The van der Waals surface area contributed by atoms with Crippen molar-refractivity contribution < 1.29 is 18.7 Å². The monoisotopic (exact) mass is 493 g/mol. The van der Waals surface area contributed by atoms with Gasteiger partial charge in [0.1, 0.15) is 12.4 Å². The largest absolute Gasteiger partial charge is 0.465 e. The molecule has 0 atom stereocenters. The van der Waals surface area contributed by atoms with Gasteiger partial charge in [-0.15, -0.1) is 0 Å². The molecule has 2 aromatic carbocycles. The first-order valence-corrected chi connectivity index (χ1v) is 12.3. The Kier molecular flexibility index (Phi) is 8.32. The zero-order valence-electron chi connectivity index (χ0n) is 20.7. The molecule has 0 aliphatic carbocycles. The van der Waals surface area contributed by atoms with Gasteiger partial charge < -0.3 is 15.0 Å². The Morgan fingerprint density at radius 2 is 1.86 bits per heavy atom. The smallest absolute Gasteiger partial charge is 0.325 e. The molecule has 0 radical (unpaired) electrons. The molecule has 0 unspecified atom stereocenters. The quantitative estimate of drug-likeness (QED) is 0.460. The van der Waals surface area contributed by atoms with Crippen molar-refractivity contribution in [1.29, 1.82) is 0 Å². The minimum atomic E-state index is -0.476. The number of aromatic nitrogens is 2. The number of benzene rings is 2. The fourth-order valence-electron chi connectivity index (χ4n) is 4.43. The van der Waals surface area contributed by atoms with Gasteiger partial charge in [0, 0.05) is 43.7 Å². The normalized spacial score (nSPS) is 13.2. The van der Waals surface area contributed by atoms with Crippen molar-refractivity contribution >= 4 is 12.0 Å². The zero-order chi connectivity index (χ0) is 25.5. The third kappa shape index (κ3) is 5.91. The van der Waals surface area contributed by atoms with Crippen molar-refractivity contribution in [2.24, 2.45) is 0 Å². The highest BCUT2D eigenvalue weighted by atomic mass is 19.1. The Morgan fingerprint density at radius 1 is 1.11 bits per heavy atom. The van der Waals surface area contributed by atoms with E-state index in [1.165, 1.54) is 6.07 Å². The summed E-state index contributed by atoms with van der Waals surface area (Å²) in [6.45, 7) is 6.30. The van der Waals surface area contributed by atoms with E-state index in [1.54, 1.807) is 17.9 Å². The van der Waals surface area contributed by atoms with Gasteiger partial charge in [-0.3, -0.25) is 9.69 Å². The van der Waals surface area contributed by atoms with Crippen LogP contribution in [-0.4, -0.2) is 57.8 Å². The summed E-state index contributed by atoms with van der Waals surface area (Å²) in [5, 5.41) is 7.55. The highest BCUT2D eigenvalue weighted by Crippen LogP contribution is 2.27. The van der Waals surface area contributed by atoms with Crippen LogP contribution in [0.5, 0.6) is 0 Å². The Bertz CT molecular complexity index is 1200. The maximum Gasteiger partial charge on any atom is 0.325 e. The fraction of sp³-hybridized carbons (Fsp3) is 0.370. The molecule has 36 heavy (non-hydrogen) atoms. The molecule has 1 N–H and O–H groups in total. The maximum absolute atomic E-state index is 14.3. The molecule has 9 heteroatoms. The number of carbonyl (C=O) groups is 2. The standard InChI is InChI=1S/C27H32FN5O3/c1-3-32(27(35)29-16-26(34)36-4-2)19-24-22-18-31(17-20-10-8-9-13-23(20)28)15-14-25(22)33(30-24)21-11-6-5-7-12-21/h5-13H,3-4,14-19H2,1-2H3,(H,29,35). The van der Waals surface area contributed by atoms with Crippen LogP contribution >= 0.6 is 0 Å². The zero-order valence-corrected chi connectivity index (χ0v) is 20.7. The Balaban J connectivity index is 1.58. The highest BCUT2D eigenvalue weighted by molar-refractivity contribution is 5.80. The van der Waals surface area contributed by atoms with E-state index in [-0.39, 0.29) is 25.0 Å². The summed E-state index contributed by atoms with van der Waals surface area (Å²) in [5.41, 5.74) is 4.56. The molecule has 0 bridgehead atoms. The van der Waals surface area contributed by atoms with E-state index in [2.05, 4.69) is 10.2 Å². The number of amides is 2. The fourth-order valence-corrected chi connectivity index (χ4v) is 4.43. The van der Waals surface area contributed by atoms with Crippen LogP contribution in [-0.2, 0) is 35.6 Å². The van der Waals surface area contributed by atoms with Gasteiger partial charge in [0.15, 0.2) is 0 Å². The summed E-state index contributed by atoms with van der Waals surface area (Å²) >= 11 is 0. The second-order valence-electron chi connectivity index (χ2n) is 8.65. The van der Waals surface area contributed by atoms with Crippen molar-refractivity contribution in [3.05, 3.63) is 82.9 Å². The van der Waals surface area contributed by atoms with Crippen LogP contribution in [0.3, 0.4) is 0 Å². The van der Waals surface area contributed by atoms with Gasteiger partial charge in [-0.1, -0.05) is 36.4 Å². The number of esters is 1. The molecule has 3 aromatic rings. The van der Waals surface area contributed by atoms with Gasteiger partial charge >= 0.3 is 12.0 Å². The van der Waals surface area contributed by atoms with Crippen LogP contribution in [0.25, 0.3) is 5.69 Å². The molecule has 8 nitrogen and oxygen atoms in total. The first-order chi connectivity index (χ1) is 17.5. The second-order valence-corrected chi connectivity index (χ2v) is 8.65. The van der Waals surface area contributed by atoms with E-state index >= 15 is 0 Å². The van der Waals surface area contributed by atoms with Crippen molar-refractivity contribution in [1.82, 2.24) is 24.9 Å². The third-order valence-electron chi connectivity index (χ3n) is 6.27. The number of halogens is 1. The number of fused-ring (bicyclic) bond motifs is 1. The maximum atomic E-state index is 14.3. The third-order valence-corrected chi connectivity index (χ3v) is 6.27. The van der Waals surface area contributed by atoms with E-state index in [9.17, 15) is 14.0 Å². The molecule has 2 heterocycles. The Labute approximate surface area is 210 Å². The van der Waals surface area contributed by atoms with Gasteiger partial charge in [-0.05, 0) is 32.0 Å². The Hall–Kier alpha value is -3.72. The molecule has 0 fully saturated rings. The summed E-state index contributed by atoms with van der Waals surface area (Å²) in [7, 11) is 0. The molecule has 1 aromatic heterocycles. The number of rotatable bonds is 9. The molecule has 4 rings (SSSR count). The second kappa shape index (κ2) is 11.8. The lowest BCUT2D eigenvalue weighted by atomic mass is 10.0. The number of nitrogens with zero attached hydrogens (tertiary/aromatic N) is 4. The molecular formula is C27H32FN5O3. The average molecular weight is 494 g/mol. The number of nitrogens with one attached hydrogen (secondary N) is 1. The summed E-state index contributed by atoms with van der Waals surface area (Å²) in [4.78, 5) is 28.3. The molecule has 1 aliphatic heterocycles. The van der Waals surface area contributed by atoms with Crippen LogP contribution in [0.15, 0.2) is 54.6 Å². The van der Waals surface area contributed by atoms with Gasteiger partial charge in [-0.2, -0.15) is 5.10 Å². The van der Waals surface area contributed by atoms with Gasteiger partial charge in [0.25, 0.3) is 0 Å². The molecule has 0 spiro atoms. The average Bonchev–Trinajstić information content (AvgIpc) is 3.25. The predicted molar refractivity (Wildman–Crippen MR) is 134 cm³/mol. The van der Waals surface area contributed by atoms with E-state index in [0.29, 0.717) is 31.7 Å². The number of hydrogen-bond acceptors (Lipinski definition) is 5. The van der Waals surface area contributed by atoms with E-state index in [0.717, 1.165) is 35.6 Å². The van der Waals surface area contributed by atoms with Crippen molar-refractivity contribution in [3.8, 4) is 5.69 Å². The van der Waals surface area contributed by atoms with Crippen LogP contribution in [0.4, 0.5) is 9.18 Å². The number of carbonyl (C=O) groups excluding carboxylic acids is 2. The topological polar surface area (TPSA) is 79.7 Å². The molecule has 1 aliphatic rings. The number of hydrogen-bond donors (Lipinski definition) is 1. The minimum Gasteiger partial charge on any atom is -0.465 e. The number of para-hydroxylation sites is 1. The first kappa shape index (κ1) is 25.4. The van der Waals surface area contributed by atoms with Crippen molar-refractivity contribution in [2.45, 2.75) is 39.9 Å². The molecule has 0 saturated carbocycles. The van der Waals surface area contributed by atoms with Gasteiger partial charge in [0.2, 0.25) is 0 Å². The van der Waals surface area contributed by atoms with Crippen molar-refractivity contribution in [3.63, 3.8) is 0 Å². The summed E-state index contributed by atoms with van der Waals surface area (Å²) in [6.07, 6.45) is 0.757. The first-order valence-electron chi connectivity index (χ1n) is 12.3. The molecular weight excluding hydrogens is 461 g/mol. The molecule has 2 amide bonds. The van der Waals surface area contributed by atoms with Crippen LogP contribution in [0.1, 0.15) is 36.4 Å². The Morgan fingerprint density at radius 3 is 2.58 bits per heavy atom. The lowest BCUT2D eigenvalue weighted by molar-refractivity contribution is -0.141. The summed E-state index contributed by atoms with van der Waals surface area (Å²) < 4.78 is 21.2. The molecule has 190 valence electrons. The van der Waals surface area contributed by atoms with E-state index < -0.39 is 5.97 Å². The predicted octanol–water partition coefficient (Wildman–Crippen LogP) is 3.66. The molecule has 0 saturated heterocycles. The van der Waals surface area contributed by atoms with Crippen molar-refractivity contribution in [2.75, 3.05) is 26.2 Å². The van der Waals surface area contributed by atoms with Crippen LogP contribution in [0, 0.1) is 5.82 Å².